The third-order valence-electron chi connectivity index (χ3n) is 5.23. The molecule has 1 aromatic carbocycles. The third kappa shape index (κ3) is 6.60. The number of rotatable bonds is 10. The minimum Gasteiger partial charge on any atom is -0.303 e. The van der Waals surface area contributed by atoms with Crippen molar-refractivity contribution in [3.05, 3.63) is 35.4 Å². The lowest BCUT2D eigenvalue weighted by atomic mass is 9.91. The number of ketones is 1. The van der Waals surface area contributed by atoms with Gasteiger partial charge in [-0.1, -0.05) is 50.5 Å². The molecule has 134 valence electrons. The highest BCUT2D eigenvalue weighted by atomic mass is 32.1. The zero-order valence-corrected chi connectivity index (χ0v) is 16.1. The largest absolute Gasteiger partial charge is 0.303 e. The minimum atomic E-state index is 0.283. The van der Waals surface area contributed by atoms with Crippen LogP contribution in [-0.2, 0) is 6.42 Å². The zero-order valence-electron chi connectivity index (χ0n) is 15.2. The number of Topliss-reactive ketones (excluding diaryl/α,β-unsaturated/α-hetero) is 1. The predicted molar refractivity (Wildman–Crippen MR) is 106 cm³/mol. The number of benzene rings is 1. The van der Waals surface area contributed by atoms with Gasteiger partial charge in [-0.3, -0.25) is 4.79 Å². The molecule has 2 rings (SSSR count). The molecule has 0 radical (unpaired) electrons. The standard InChI is InChI=1S/C21H33NOS/c1-2-3-5-18-11-15-22(16-12-18)14-4-6-21(23)20-9-7-19(8-10-20)13-17-24/h7-10,18,24H,2-6,11-17H2,1H3. The van der Waals surface area contributed by atoms with Crippen LogP contribution < -0.4 is 0 Å². The molecule has 1 fully saturated rings. The molecule has 0 amide bonds. The van der Waals surface area contributed by atoms with Crippen LogP contribution >= 0.6 is 12.6 Å². The Morgan fingerprint density at radius 2 is 1.88 bits per heavy atom. The number of unbranched alkanes of at least 4 members (excludes halogenated alkanes) is 1. The minimum absolute atomic E-state index is 0.283. The highest BCUT2D eigenvalue weighted by molar-refractivity contribution is 7.80. The van der Waals surface area contributed by atoms with Crippen molar-refractivity contribution in [2.75, 3.05) is 25.4 Å². The quantitative estimate of drug-likeness (QED) is 0.473. The molecule has 0 N–H and O–H groups in total. The van der Waals surface area contributed by atoms with Gasteiger partial charge in [-0.15, -0.1) is 0 Å². The van der Waals surface area contributed by atoms with Gasteiger partial charge in [0.25, 0.3) is 0 Å². The van der Waals surface area contributed by atoms with Crippen LogP contribution in [0.1, 0.15) is 67.8 Å². The molecule has 0 bridgehead atoms. The average Bonchev–Trinajstić information content (AvgIpc) is 2.62. The van der Waals surface area contributed by atoms with Crippen LogP contribution in [0.25, 0.3) is 0 Å². The molecule has 1 heterocycles. The normalized spacial score (nSPS) is 16.4. The summed E-state index contributed by atoms with van der Waals surface area (Å²) in [7, 11) is 0. The van der Waals surface area contributed by atoms with E-state index in [9.17, 15) is 4.79 Å². The first-order chi connectivity index (χ1) is 11.7. The summed E-state index contributed by atoms with van der Waals surface area (Å²) in [6.07, 6.45) is 9.42. The van der Waals surface area contributed by atoms with Crippen molar-refractivity contribution < 1.29 is 4.79 Å². The van der Waals surface area contributed by atoms with Gasteiger partial charge in [-0.05, 0) is 62.6 Å². The highest BCUT2D eigenvalue weighted by Crippen LogP contribution is 2.22. The lowest BCUT2D eigenvalue weighted by Gasteiger charge is -2.31. The van der Waals surface area contributed by atoms with Crippen LogP contribution in [0.15, 0.2) is 24.3 Å². The van der Waals surface area contributed by atoms with E-state index < -0.39 is 0 Å². The number of hydrogen-bond acceptors (Lipinski definition) is 3. The van der Waals surface area contributed by atoms with Crippen molar-refractivity contribution in [1.29, 1.82) is 0 Å². The van der Waals surface area contributed by atoms with Crippen molar-refractivity contribution in [2.45, 2.75) is 58.3 Å². The average molecular weight is 348 g/mol. The maximum absolute atomic E-state index is 12.3. The topological polar surface area (TPSA) is 20.3 Å². The fourth-order valence-electron chi connectivity index (χ4n) is 3.59. The summed E-state index contributed by atoms with van der Waals surface area (Å²) in [5.74, 6) is 2.08. The Kier molecular flexibility index (Phi) is 8.90. The van der Waals surface area contributed by atoms with Gasteiger partial charge < -0.3 is 4.90 Å². The van der Waals surface area contributed by atoms with Crippen molar-refractivity contribution in [1.82, 2.24) is 4.90 Å². The summed E-state index contributed by atoms with van der Waals surface area (Å²) in [5, 5.41) is 0. The van der Waals surface area contributed by atoms with Gasteiger partial charge in [0, 0.05) is 12.0 Å². The molecule has 0 aromatic heterocycles. The van der Waals surface area contributed by atoms with Crippen LogP contribution in [0.3, 0.4) is 0 Å². The second-order valence-corrected chi connectivity index (χ2v) is 7.57. The second-order valence-electron chi connectivity index (χ2n) is 7.12. The number of piperidine rings is 1. The lowest BCUT2D eigenvalue weighted by Crippen LogP contribution is -2.34. The molecule has 0 spiro atoms. The predicted octanol–water partition coefficient (Wildman–Crippen LogP) is 5.02. The molecule has 3 heteroatoms. The molecule has 0 unspecified atom stereocenters. The fourth-order valence-corrected chi connectivity index (χ4v) is 3.84. The van der Waals surface area contributed by atoms with E-state index in [4.69, 9.17) is 0 Å². The Hall–Kier alpha value is -0.800. The van der Waals surface area contributed by atoms with Crippen molar-refractivity contribution in [3.63, 3.8) is 0 Å². The number of carbonyl (C=O) groups is 1. The molecule has 1 aromatic rings. The molecular formula is C21H33NOS. The number of likely N-dealkylation sites (tertiary alicyclic amines) is 1. The van der Waals surface area contributed by atoms with E-state index in [1.807, 2.05) is 12.1 Å². The van der Waals surface area contributed by atoms with E-state index in [-0.39, 0.29) is 5.78 Å². The summed E-state index contributed by atoms with van der Waals surface area (Å²) in [6, 6.07) is 8.07. The maximum Gasteiger partial charge on any atom is 0.162 e. The molecular weight excluding hydrogens is 314 g/mol. The molecule has 0 saturated carbocycles. The second kappa shape index (κ2) is 10.9. The zero-order chi connectivity index (χ0) is 17.2. The molecule has 1 saturated heterocycles. The lowest BCUT2D eigenvalue weighted by molar-refractivity contribution is 0.0970. The van der Waals surface area contributed by atoms with Gasteiger partial charge in [-0.2, -0.15) is 12.6 Å². The SMILES string of the molecule is CCCCC1CCN(CCCC(=O)c2ccc(CCS)cc2)CC1. The van der Waals surface area contributed by atoms with Gasteiger partial charge in [-0.25, -0.2) is 0 Å². The van der Waals surface area contributed by atoms with E-state index in [0.29, 0.717) is 6.42 Å². The van der Waals surface area contributed by atoms with E-state index in [0.717, 1.165) is 36.6 Å². The van der Waals surface area contributed by atoms with Crippen molar-refractivity contribution in [2.24, 2.45) is 5.92 Å². The van der Waals surface area contributed by atoms with Crippen LogP contribution in [0.2, 0.25) is 0 Å². The number of hydrogen-bond donors (Lipinski definition) is 1. The summed E-state index contributed by atoms with van der Waals surface area (Å²) in [5.41, 5.74) is 2.11. The monoisotopic (exact) mass is 347 g/mol. The van der Waals surface area contributed by atoms with E-state index in [1.165, 1.54) is 50.8 Å². The Labute approximate surface area is 153 Å². The summed E-state index contributed by atoms with van der Waals surface area (Å²) in [6.45, 7) is 5.80. The maximum atomic E-state index is 12.3. The summed E-state index contributed by atoms with van der Waals surface area (Å²) < 4.78 is 0. The van der Waals surface area contributed by atoms with Crippen molar-refractivity contribution >= 4 is 18.4 Å². The van der Waals surface area contributed by atoms with Gasteiger partial charge in [0.05, 0.1) is 0 Å². The van der Waals surface area contributed by atoms with E-state index in [2.05, 4.69) is 36.6 Å². The number of aryl methyl sites for hydroxylation is 1. The molecule has 1 aliphatic heterocycles. The summed E-state index contributed by atoms with van der Waals surface area (Å²) >= 11 is 4.25. The Bertz CT molecular complexity index is 477. The van der Waals surface area contributed by atoms with Crippen LogP contribution in [-0.4, -0.2) is 36.1 Å². The number of thiol groups is 1. The molecule has 2 nitrogen and oxygen atoms in total. The Balaban J connectivity index is 1.64. The highest BCUT2D eigenvalue weighted by Gasteiger charge is 2.18. The number of carbonyl (C=O) groups excluding carboxylic acids is 1. The first kappa shape index (κ1) is 19.5. The van der Waals surface area contributed by atoms with Gasteiger partial charge in [0.1, 0.15) is 0 Å². The molecule has 0 aliphatic carbocycles. The smallest absolute Gasteiger partial charge is 0.162 e. The van der Waals surface area contributed by atoms with Gasteiger partial charge in [0.15, 0.2) is 5.78 Å². The molecule has 1 aliphatic rings. The first-order valence-corrected chi connectivity index (χ1v) is 10.3. The fraction of sp³-hybridized carbons (Fsp3) is 0.667. The van der Waals surface area contributed by atoms with Crippen LogP contribution in [0.4, 0.5) is 0 Å². The Morgan fingerprint density at radius 3 is 2.50 bits per heavy atom. The molecule has 24 heavy (non-hydrogen) atoms. The Morgan fingerprint density at radius 1 is 1.17 bits per heavy atom. The van der Waals surface area contributed by atoms with E-state index >= 15 is 0 Å². The first-order valence-electron chi connectivity index (χ1n) is 9.68. The van der Waals surface area contributed by atoms with Crippen molar-refractivity contribution in [3.8, 4) is 0 Å². The van der Waals surface area contributed by atoms with Gasteiger partial charge >= 0.3 is 0 Å². The van der Waals surface area contributed by atoms with Crippen LogP contribution in [0.5, 0.6) is 0 Å². The van der Waals surface area contributed by atoms with E-state index in [1.54, 1.807) is 0 Å². The van der Waals surface area contributed by atoms with Crippen LogP contribution in [0, 0.1) is 5.92 Å². The number of nitrogens with zero attached hydrogens (tertiary/aromatic N) is 1. The third-order valence-corrected chi connectivity index (χ3v) is 5.45. The molecule has 0 atom stereocenters. The van der Waals surface area contributed by atoms with Gasteiger partial charge in [0.2, 0.25) is 0 Å². The summed E-state index contributed by atoms with van der Waals surface area (Å²) in [4.78, 5) is 14.8.